The van der Waals surface area contributed by atoms with Crippen molar-refractivity contribution in [3.05, 3.63) is 35.4 Å². The van der Waals surface area contributed by atoms with E-state index in [1.54, 1.807) is 13.8 Å². The first-order valence-electron chi connectivity index (χ1n) is 12.7. The zero-order chi connectivity index (χ0) is 25.7. The number of aromatic nitrogens is 2. The number of carbonyl (C=O) groups is 1. The Morgan fingerprint density at radius 2 is 2.08 bits per heavy atom. The lowest BCUT2D eigenvalue weighted by atomic mass is 9.91. The second-order valence-corrected chi connectivity index (χ2v) is 10.3. The van der Waals surface area contributed by atoms with Crippen molar-refractivity contribution in [3.8, 4) is 29.4 Å². The standard InChI is InChI=1S/C28H36N4O4/c1-5-19-9-12-22(24(14-19)36-18-35-6-2)26-23(20-10-11-20)15-25(30-31-26)29-21-8-7-13-32(16-21)17-28(3,4)27(33)34/h1,9,12,14-15,20-21H,6-8,10-11,13,16-18H2,2-4H3,(H,29,30)(H,33,34)/t21-/m1/s1. The van der Waals surface area contributed by atoms with Gasteiger partial charge in [-0.25, -0.2) is 0 Å². The second kappa shape index (κ2) is 11.3. The summed E-state index contributed by atoms with van der Waals surface area (Å²) < 4.78 is 11.3. The van der Waals surface area contributed by atoms with E-state index in [1.807, 2.05) is 25.1 Å². The maximum atomic E-state index is 11.6. The highest BCUT2D eigenvalue weighted by atomic mass is 16.7. The van der Waals surface area contributed by atoms with E-state index in [9.17, 15) is 9.90 Å². The molecule has 2 fully saturated rings. The maximum Gasteiger partial charge on any atom is 0.310 e. The van der Waals surface area contributed by atoms with Crippen LogP contribution in [0.5, 0.6) is 5.75 Å². The predicted octanol–water partition coefficient (Wildman–Crippen LogP) is 4.36. The lowest BCUT2D eigenvalue weighted by Crippen LogP contribution is -2.47. The summed E-state index contributed by atoms with van der Waals surface area (Å²) in [6.45, 7) is 8.39. The fourth-order valence-corrected chi connectivity index (χ4v) is 4.66. The molecule has 192 valence electrons. The first-order chi connectivity index (χ1) is 17.3. The van der Waals surface area contributed by atoms with Crippen LogP contribution in [0.25, 0.3) is 11.3 Å². The Balaban J connectivity index is 1.54. The molecule has 1 aromatic carbocycles. The Hall–Kier alpha value is -3.15. The number of carboxylic acids is 1. The van der Waals surface area contributed by atoms with E-state index in [4.69, 9.17) is 15.9 Å². The quantitative estimate of drug-likeness (QED) is 0.271. The van der Waals surface area contributed by atoms with Gasteiger partial charge in [-0.1, -0.05) is 5.92 Å². The maximum absolute atomic E-state index is 11.6. The van der Waals surface area contributed by atoms with Crippen molar-refractivity contribution in [2.45, 2.75) is 58.4 Å². The van der Waals surface area contributed by atoms with Crippen LogP contribution in [-0.4, -0.2) is 65.2 Å². The normalized spacial score (nSPS) is 18.4. The van der Waals surface area contributed by atoms with Crippen molar-refractivity contribution < 1.29 is 19.4 Å². The first-order valence-corrected chi connectivity index (χ1v) is 12.7. The van der Waals surface area contributed by atoms with E-state index in [1.165, 1.54) is 0 Å². The van der Waals surface area contributed by atoms with Crippen LogP contribution in [0.3, 0.4) is 0 Å². The number of aliphatic carboxylic acids is 1. The summed E-state index contributed by atoms with van der Waals surface area (Å²) in [7, 11) is 0. The lowest BCUT2D eigenvalue weighted by Gasteiger charge is -2.36. The number of anilines is 1. The van der Waals surface area contributed by atoms with Crippen molar-refractivity contribution in [2.24, 2.45) is 5.41 Å². The number of nitrogens with one attached hydrogen (secondary N) is 1. The van der Waals surface area contributed by atoms with Crippen molar-refractivity contribution in [2.75, 3.05) is 38.4 Å². The van der Waals surface area contributed by atoms with Crippen molar-refractivity contribution in [3.63, 3.8) is 0 Å². The summed E-state index contributed by atoms with van der Waals surface area (Å²) in [5.41, 5.74) is 2.78. The number of carboxylic acid groups (broad SMARTS) is 1. The van der Waals surface area contributed by atoms with Crippen LogP contribution in [0.15, 0.2) is 24.3 Å². The Morgan fingerprint density at radius 3 is 2.78 bits per heavy atom. The molecule has 4 rings (SSSR count). The molecule has 1 saturated heterocycles. The molecular formula is C28H36N4O4. The molecule has 1 saturated carbocycles. The summed E-state index contributed by atoms with van der Waals surface area (Å²) in [6.07, 6.45) is 9.88. The fraction of sp³-hybridized carbons (Fsp3) is 0.536. The number of benzene rings is 1. The second-order valence-electron chi connectivity index (χ2n) is 10.3. The zero-order valence-electron chi connectivity index (χ0n) is 21.4. The summed E-state index contributed by atoms with van der Waals surface area (Å²) in [5.74, 6) is 3.73. The van der Waals surface area contributed by atoms with Gasteiger partial charge in [0.1, 0.15) is 17.3 Å². The van der Waals surface area contributed by atoms with Gasteiger partial charge < -0.3 is 24.8 Å². The van der Waals surface area contributed by atoms with Gasteiger partial charge in [-0.15, -0.1) is 16.6 Å². The van der Waals surface area contributed by atoms with E-state index in [0.29, 0.717) is 24.8 Å². The van der Waals surface area contributed by atoms with Gasteiger partial charge in [-0.05, 0) is 88.7 Å². The van der Waals surface area contributed by atoms with Crippen LogP contribution < -0.4 is 10.1 Å². The van der Waals surface area contributed by atoms with Crippen LogP contribution in [-0.2, 0) is 9.53 Å². The number of rotatable bonds is 11. The number of nitrogens with zero attached hydrogens (tertiary/aromatic N) is 3. The Labute approximate surface area is 213 Å². The molecule has 1 aromatic heterocycles. The Morgan fingerprint density at radius 1 is 1.28 bits per heavy atom. The molecular weight excluding hydrogens is 456 g/mol. The van der Waals surface area contributed by atoms with Gasteiger partial charge in [-0.2, -0.15) is 0 Å². The highest BCUT2D eigenvalue weighted by molar-refractivity contribution is 5.74. The summed E-state index contributed by atoms with van der Waals surface area (Å²) in [6, 6.07) is 7.98. The van der Waals surface area contributed by atoms with E-state index < -0.39 is 11.4 Å². The van der Waals surface area contributed by atoms with Crippen LogP contribution in [0.4, 0.5) is 5.82 Å². The number of piperidine rings is 1. The van der Waals surface area contributed by atoms with Crippen LogP contribution in [0.1, 0.15) is 63.5 Å². The summed E-state index contributed by atoms with van der Waals surface area (Å²) in [5, 5.41) is 22.2. The van der Waals surface area contributed by atoms with Gasteiger partial charge in [0.05, 0.1) is 5.41 Å². The van der Waals surface area contributed by atoms with E-state index in [2.05, 4.69) is 32.4 Å². The SMILES string of the molecule is C#Cc1ccc(-c2nnc(N[C@@H]3CCCN(CC(C)(C)C(=O)O)C3)cc2C2CC2)c(OCOCC)c1. The topological polar surface area (TPSA) is 96.8 Å². The van der Waals surface area contributed by atoms with Crippen molar-refractivity contribution >= 4 is 11.8 Å². The minimum absolute atomic E-state index is 0.139. The van der Waals surface area contributed by atoms with Gasteiger partial charge in [0.2, 0.25) is 0 Å². The molecule has 0 bridgehead atoms. The van der Waals surface area contributed by atoms with E-state index >= 15 is 0 Å². The largest absolute Gasteiger partial charge is 0.481 e. The smallest absolute Gasteiger partial charge is 0.310 e. The third-order valence-corrected chi connectivity index (χ3v) is 6.80. The number of terminal acetylenes is 1. The van der Waals surface area contributed by atoms with Crippen molar-refractivity contribution in [1.82, 2.24) is 15.1 Å². The molecule has 2 heterocycles. The minimum Gasteiger partial charge on any atom is -0.481 e. The molecule has 8 nitrogen and oxygen atoms in total. The third kappa shape index (κ3) is 6.34. The van der Waals surface area contributed by atoms with Crippen LogP contribution >= 0.6 is 0 Å². The molecule has 0 amide bonds. The van der Waals surface area contributed by atoms with E-state index in [-0.39, 0.29) is 12.8 Å². The Bertz CT molecular complexity index is 1120. The Kier molecular flexibility index (Phi) is 8.12. The lowest BCUT2D eigenvalue weighted by molar-refractivity contribution is -0.148. The zero-order valence-corrected chi connectivity index (χ0v) is 21.4. The van der Waals surface area contributed by atoms with Gasteiger partial charge >= 0.3 is 5.97 Å². The molecule has 0 spiro atoms. The number of hydrogen-bond donors (Lipinski definition) is 2. The molecule has 2 N–H and O–H groups in total. The number of hydrogen-bond acceptors (Lipinski definition) is 7. The minimum atomic E-state index is -0.778. The predicted molar refractivity (Wildman–Crippen MR) is 139 cm³/mol. The number of ether oxygens (including phenoxy) is 2. The molecule has 0 radical (unpaired) electrons. The summed E-state index contributed by atoms with van der Waals surface area (Å²) >= 11 is 0. The van der Waals surface area contributed by atoms with Gasteiger partial charge in [0.25, 0.3) is 0 Å². The molecule has 8 heteroatoms. The molecule has 2 aliphatic rings. The first kappa shape index (κ1) is 25.9. The monoisotopic (exact) mass is 492 g/mol. The average Bonchev–Trinajstić information content (AvgIpc) is 3.70. The van der Waals surface area contributed by atoms with Gasteiger partial charge in [-0.3, -0.25) is 4.79 Å². The summed E-state index contributed by atoms with van der Waals surface area (Å²) in [4.78, 5) is 13.8. The highest BCUT2D eigenvalue weighted by Gasteiger charge is 2.33. The van der Waals surface area contributed by atoms with Gasteiger partial charge in [0, 0.05) is 36.9 Å². The molecule has 0 unspecified atom stereocenters. The van der Waals surface area contributed by atoms with E-state index in [0.717, 1.165) is 67.0 Å². The molecule has 1 aliphatic heterocycles. The number of likely N-dealkylation sites (tertiary alicyclic amines) is 1. The highest BCUT2D eigenvalue weighted by Crippen LogP contribution is 2.46. The molecule has 1 aliphatic carbocycles. The molecule has 2 aromatic rings. The fourth-order valence-electron chi connectivity index (χ4n) is 4.66. The molecule has 1 atom stereocenters. The third-order valence-electron chi connectivity index (χ3n) is 6.80. The van der Waals surface area contributed by atoms with Crippen molar-refractivity contribution in [1.29, 1.82) is 0 Å². The average molecular weight is 493 g/mol. The van der Waals surface area contributed by atoms with Crippen LogP contribution in [0.2, 0.25) is 0 Å². The van der Waals surface area contributed by atoms with Crippen LogP contribution in [0, 0.1) is 17.8 Å². The molecule has 36 heavy (non-hydrogen) atoms. The van der Waals surface area contributed by atoms with Gasteiger partial charge in [0.15, 0.2) is 6.79 Å².